The lowest BCUT2D eigenvalue weighted by Gasteiger charge is -2.11. The highest BCUT2D eigenvalue weighted by molar-refractivity contribution is 7.80. The van der Waals surface area contributed by atoms with E-state index in [0.717, 1.165) is 0 Å². The summed E-state index contributed by atoms with van der Waals surface area (Å²) in [6.45, 7) is 5.13. The number of furan rings is 1. The quantitative estimate of drug-likeness (QED) is 0.586. The Labute approximate surface area is 132 Å². The molecule has 1 aromatic heterocycles. The Morgan fingerprint density at radius 3 is 2.50 bits per heavy atom. The summed E-state index contributed by atoms with van der Waals surface area (Å²) in [5.41, 5.74) is 6.47. The van der Waals surface area contributed by atoms with E-state index in [1.807, 2.05) is 0 Å². The van der Waals surface area contributed by atoms with Crippen molar-refractivity contribution in [3.05, 3.63) is 52.7 Å². The van der Waals surface area contributed by atoms with E-state index in [1.165, 1.54) is 6.07 Å². The third kappa shape index (κ3) is 3.82. The minimum Gasteiger partial charge on any atom is -0.466 e. The summed E-state index contributed by atoms with van der Waals surface area (Å²) in [4.78, 5) is 12.0. The predicted octanol–water partition coefficient (Wildman–Crippen LogP) is 2.98. The van der Waals surface area contributed by atoms with Crippen LogP contribution in [-0.2, 0) is 0 Å². The van der Waals surface area contributed by atoms with Crippen molar-refractivity contribution >= 4 is 28.9 Å². The molecule has 7 heteroatoms. The molecular weight excluding hydrogens is 305 g/mol. The van der Waals surface area contributed by atoms with E-state index < -0.39 is 0 Å². The predicted molar refractivity (Wildman–Crippen MR) is 86.1 cm³/mol. The average molecular weight is 321 g/mol. The summed E-state index contributed by atoms with van der Waals surface area (Å²) in [6, 6.07) is 6.29. The second-order valence-corrected chi connectivity index (χ2v) is 5.23. The summed E-state index contributed by atoms with van der Waals surface area (Å²) in [5, 5.41) is 2.93. The van der Waals surface area contributed by atoms with Crippen molar-refractivity contribution in [2.45, 2.75) is 20.8 Å². The van der Waals surface area contributed by atoms with Crippen LogP contribution < -0.4 is 16.2 Å². The molecule has 0 radical (unpaired) electrons. The van der Waals surface area contributed by atoms with Crippen LogP contribution in [0.4, 0.5) is 10.1 Å². The highest BCUT2D eigenvalue weighted by atomic mass is 32.1. The summed E-state index contributed by atoms with van der Waals surface area (Å²) >= 11 is 5.04. The first-order valence-electron chi connectivity index (χ1n) is 6.57. The van der Waals surface area contributed by atoms with Crippen LogP contribution in [0.25, 0.3) is 0 Å². The summed E-state index contributed by atoms with van der Waals surface area (Å²) in [5.74, 6) is 0.477. The topological polar surface area (TPSA) is 66.3 Å². The van der Waals surface area contributed by atoms with E-state index in [0.29, 0.717) is 28.3 Å². The van der Waals surface area contributed by atoms with Gasteiger partial charge in [-0.25, -0.2) is 4.39 Å². The van der Waals surface area contributed by atoms with Crippen molar-refractivity contribution in [2.75, 3.05) is 5.32 Å². The van der Waals surface area contributed by atoms with Gasteiger partial charge in [0, 0.05) is 5.69 Å². The Hall–Kier alpha value is -2.41. The minimum absolute atomic E-state index is 0.148. The molecule has 0 fully saturated rings. The molecule has 1 heterocycles. The monoisotopic (exact) mass is 321 g/mol. The van der Waals surface area contributed by atoms with E-state index in [9.17, 15) is 9.18 Å². The van der Waals surface area contributed by atoms with Crippen LogP contribution >= 0.6 is 12.2 Å². The highest BCUT2D eigenvalue weighted by Gasteiger charge is 2.13. The summed E-state index contributed by atoms with van der Waals surface area (Å²) in [7, 11) is 0. The Morgan fingerprint density at radius 2 is 1.91 bits per heavy atom. The lowest BCUT2D eigenvalue weighted by Crippen LogP contribution is -2.43. The van der Waals surface area contributed by atoms with Gasteiger partial charge in [0.1, 0.15) is 17.3 Å². The molecule has 0 saturated carbocycles. The van der Waals surface area contributed by atoms with Gasteiger partial charge in [0.25, 0.3) is 5.91 Å². The molecule has 0 unspecified atom stereocenters. The van der Waals surface area contributed by atoms with Gasteiger partial charge in [0.2, 0.25) is 0 Å². The number of hydrogen-bond donors (Lipinski definition) is 3. The van der Waals surface area contributed by atoms with Crippen LogP contribution in [0.15, 0.2) is 28.7 Å². The zero-order valence-corrected chi connectivity index (χ0v) is 13.2. The maximum absolute atomic E-state index is 13.4. The summed E-state index contributed by atoms with van der Waals surface area (Å²) in [6.07, 6.45) is 0. The first-order chi connectivity index (χ1) is 10.4. The van der Waals surface area contributed by atoms with Crippen LogP contribution in [-0.4, -0.2) is 11.0 Å². The van der Waals surface area contributed by atoms with Crippen LogP contribution in [0.1, 0.15) is 27.4 Å². The lowest BCUT2D eigenvalue weighted by atomic mass is 10.2. The fourth-order valence-electron chi connectivity index (χ4n) is 1.87. The Morgan fingerprint density at radius 1 is 1.18 bits per heavy atom. The molecule has 1 aromatic carbocycles. The van der Waals surface area contributed by atoms with Crippen LogP contribution in [0, 0.1) is 26.6 Å². The molecule has 0 spiro atoms. The number of hydrazine groups is 1. The van der Waals surface area contributed by atoms with Crippen LogP contribution in [0.3, 0.4) is 0 Å². The molecule has 2 aromatic rings. The zero-order chi connectivity index (χ0) is 16.3. The molecule has 3 N–H and O–H groups in total. The minimum atomic E-state index is -0.367. The second-order valence-electron chi connectivity index (χ2n) is 4.82. The maximum Gasteiger partial charge on any atom is 0.273 e. The van der Waals surface area contributed by atoms with Gasteiger partial charge in [-0.1, -0.05) is 6.07 Å². The largest absolute Gasteiger partial charge is 0.466 e. The molecule has 5 nitrogen and oxygen atoms in total. The number of carbonyl (C=O) groups is 1. The molecule has 0 atom stereocenters. The Bertz CT molecular complexity index is 728. The molecule has 2 rings (SSSR count). The fraction of sp³-hybridized carbons (Fsp3) is 0.200. The molecule has 0 bridgehead atoms. The van der Waals surface area contributed by atoms with Crippen LogP contribution in [0.5, 0.6) is 0 Å². The second kappa shape index (κ2) is 6.57. The number of halogens is 1. The zero-order valence-electron chi connectivity index (χ0n) is 12.4. The molecule has 22 heavy (non-hydrogen) atoms. The van der Waals surface area contributed by atoms with Gasteiger partial charge < -0.3 is 9.73 Å². The number of rotatable bonds is 2. The number of aryl methyl sites for hydroxylation is 3. The Balaban J connectivity index is 1.91. The first-order valence-corrected chi connectivity index (χ1v) is 6.98. The number of anilines is 1. The highest BCUT2D eigenvalue weighted by Crippen LogP contribution is 2.14. The molecule has 0 saturated heterocycles. The SMILES string of the molecule is Cc1cc(C(=O)NNC(=S)Nc2ccc(C)c(F)c2)c(C)o1. The lowest BCUT2D eigenvalue weighted by molar-refractivity contribution is 0.0942. The van der Waals surface area contributed by atoms with E-state index in [2.05, 4.69) is 16.2 Å². The van der Waals surface area contributed by atoms with Gasteiger partial charge in [-0.15, -0.1) is 0 Å². The van der Waals surface area contributed by atoms with Crippen molar-refractivity contribution in [1.29, 1.82) is 0 Å². The first kappa shape index (κ1) is 16.0. The third-order valence-corrected chi connectivity index (χ3v) is 3.21. The molecule has 0 aliphatic carbocycles. The molecule has 0 aliphatic heterocycles. The molecule has 0 aliphatic rings. The van der Waals surface area contributed by atoms with Crippen molar-refractivity contribution in [1.82, 2.24) is 10.9 Å². The van der Waals surface area contributed by atoms with E-state index in [-0.39, 0.29) is 16.8 Å². The van der Waals surface area contributed by atoms with Crippen molar-refractivity contribution < 1.29 is 13.6 Å². The fourth-order valence-corrected chi connectivity index (χ4v) is 2.04. The number of carbonyl (C=O) groups excluding carboxylic acids is 1. The average Bonchev–Trinajstić information content (AvgIpc) is 2.79. The number of nitrogens with one attached hydrogen (secondary N) is 3. The Kier molecular flexibility index (Phi) is 4.77. The number of amides is 1. The van der Waals surface area contributed by atoms with E-state index in [1.54, 1.807) is 39.0 Å². The van der Waals surface area contributed by atoms with Crippen molar-refractivity contribution in [2.24, 2.45) is 0 Å². The smallest absolute Gasteiger partial charge is 0.273 e. The molecular formula is C15H16FN3O2S. The van der Waals surface area contributed by atoms with Gasteiger partial charge in [0.05, 0.1) is 5.56 Å². The van der Waals surface area contributed by atoms with Gasteiger partial charge >= 0.3 is 0 Å². The standard InChI is InChI=1S/C15H16FN3O2S/c1-8-4-5-11(7-13(8)16)17-15(22)19-18-14(20)12-6-9(2)21-10(12)3/h4-7H,1-3H3,(H,18,20)(H2,17,19,22). The number of thiocarbonyl (C=S) groups is 1. The van der Waals surface area contributed by atoms with Crippen LogP contribution in [0.2, 0.25) is 0 Å². The van der Waals surface area contributed by atoms with E-state index in [4.69, 9.17) is 16.6 Å². The summed E-state index contributed by atoms with van der Waals surface area (Å²) < 4.78 is 18.7. The van der Waals surface area contributed by atoms with Gasteiger partial charge in [-0.2, -0.15) is 0 Å². The third-order valence-electron chi connectivity index (χ3n) is 3.00. The maximum atomic E-state index is 13.4. The number of benzene rings is 1. The van der Waals surface area contributed by atoms with Gasteiger partial charge in [0.15, 0.2) is 5.11 Å². The van der Waals surface area contributed by atoms with E-state index >= 15 is 0 Å². The number of hydrogen-bond acceptors (Lipinski definition) is 3. The van der Waals surface area contributed by atoms with Crippen molar-refractivity contribution in [3.8, 4) is 0 Å². The van der Waals surface area contributed by atoms with Gasteiger partial charge in [-0.05, 0) is 56.8 Å². The van der Waals surface area contributed by atoms with Gasteiger partial charge in [-0.3, -0.25) is 15.6 Å². The molecule has 116 valence electrons. The molecule has 1 amide bonds. The van der Waals surface area contributed by atoms with Crippen molar-refractivity contribution in [3.63, 3.8) is 0 Å². The normalized spacial score (nSPS) is 10.2.